The van der Waals surface area contributed by atoms with Crippen LogP contribution in [0.15, 0.2) is 29.2 Å². The zero-order valence-corrected chi connectivity index (χ0v) is 11.8. The molecule has 3 N–H and O–H groups in total. The van der Waals surface area contributed by atoms with Gasteiger partial charge in [0, 0.05) is 12.3 Å². The number of hydrazine groups is 1. The Morgan fingerprint density at radius 3 is 2.28 bits per heavy atom. The Kier molecular flexibility index (Phi) is 5.78. The highest BCUT2D eigenvalue weighted by molar-refractivity contribution is 7.90. The van der Waals surface area contributed by atoms with Gasteiger partial charge in [0.25, 0.3) is 0 Å². The minimum atomic E-state index is -3.12. The van der Waals surface area contributed by atoms with Crippen molar-refractivity contribution in [3.05, 3.63) is 29.8 Å². The van der Waals surface area contributed by atoms with Crippen LogP contribution in [0.2, 0.25) is 0 Å². The Labute approximate surface area is 109 Å². The number of unbranched alkanes of at least 4 members (excludes halogenated alkanes) is 2. The molecule has 4 nitrogen and oxygen atoms in total. The lowest BCUT2D eigenvalue weighted by Crippen LogP contribution is -2.28. The summed E-state index contributed by atoms with van der Waals surface area (Å²) < 4.78 is 22.7. The number of hydrogen-bond donors (Lipinski definition) is 2. The maximum atomic E-state index is 11.4. The van der Waals surface area contributed by atoms with Gasteiger partial charge in [0.2, 0.25) is 0 Å². The quantitative estimate of drug-likeness (QED) is 0.452. The Bertz CT molecular complexity index is 454. The van der Waals surface area contributed by atoms with Gasteiger partial charge in [-0.2, -0.15) is 0 Å². The van der Waals surface area contributed by atoms with Gasteiger partial charge in [0.05, 0.1) is 4.90 Å². The van der Waals surface area contributed by atoms with Crippen molar-refractivity contribution in [1.29, 1.82) is 0 Å². The molecule has 0 aliphatic carbocycles. The van der Waals surface area contributed by atoms with Crippen LogP contribution in [0, 0.1) is 0 Å². The number of nitrogens with one attached hydrogen (secondary N) is 1. The second-order valence-corrected chi connectivity index (χ2v) is 6.57. The fourth-order valence-corrected chi connectivity index (χ4v) is 2.52. The van der Waals surface area contributed by atoms with E-state index in [1.807, 2.05) is 12.1 Å². The van der Waals surface area contributed by atoms with E-state index in [1.54, 1.807) is 12.1 Å². The molecule has 0 aliphatic heterocycles. The van der Waals surface area contributed by atoms with Crippen molar-refractivity contribution in [2.75, 3.05) is 6.26 Å². The van der Waals surface area contributed by atoms with Crippen LogP contribution in [0.4, 0.5) is 0 Å². The summed E-state index contributed by atoms with van der Waals surface area (Å²) in [6.07, 6.45) is 5.63. The Morgan fingerprint density at radius 2 is 1.83 bits per heavy atom. The standard InChI is InChI=1S/C13H22N2O2S/c1-3-4-5-6-13(15-14)11-7-9-12(10-8-11)18(2,16)17/h7-10,13,15H,3-6,14H2,1-2H3. The average Bonchev–Trinajstić information content (AvgIpc) is 2.34. The van der Waals surface area contributed by atoms with Gasteiger partial charge in [-0.3, -0.25) is 11.3 Å². The molecule has 0 saturated heterocycles. The average molecular weight is 270 g/mol. The first-order chi connectivity index (χ1) is 8.49. The number of hydrogen-bond acceptors (Lipinski definition) is 4. The smallest absolute Gasteiger partial charge is 0.175 e. The van der Waals surface area contributed by atoms with Crippen molar-refractivity contribution >= 4 is 9.84 Å². The molecule has 0 aromatic heterocycles. The predicted molar refractivity (Wildman–Crippen MR) is 73.8 cm³/mol. The first kappa shape index (κ1) is 15.1. The van der Waals surface area contributed by atoms with Crippen LogP contribution in [0.25, 0.3) is 0 Å². The summed E-state index contributed by atoms with van der Waals surface area (Å²) in [5, 5.41) is 0. The summed E-state index contributed by atoms with van der Waals surface area (Å²) in [5.74, 6) is 5.54. The molecule has 5 heteroatoms. The van der Waals surface area contributed by atoms with Gasteiger partial charge in [0.15, 0.2) is 9.84 Å². The fraction of sp³-hybridized carbons (Fsp3) is 0.538. The molecule has 0 heterocycles. The summed E-state index contributed by atoms with van der Waals surface area (Å²) in [5.41, 5.74) is 3.81. The highest BCUT2D eigenvalue weighted by Crippen LogP contribution is 2.20. The molecule has 1 unspecified atom stereocenters. The van der Waals surface area contributed by atoms with E-state index in [1.165, 1.54) is 19.1 Å². The van der Waals surface area contributed by atoms with Crippen LogP contribution in [-0.4, -0.2) is 14.7 Å². The number of benzene rings is 1. The predicted octanol–water partition coefficient (Wildman–Crippen LogP) is 2.17. The number of sulfone groups is 1. The van der Waals surface area contributed by atoms with Gasteiger partial charge in [-0.15, -0.1) is 0 Å². The summed E-state index contributed by atoms with van der Waals surface area (Å²) in [6.45, 7) is 2.16. The molecule has 1 aromatic rings. The molecule has 0 radical (unpaired) electrons. The largest absolute Gasteiger partial charge is 0.271 e. The van der Waals surface area contributed by atoms with E-state index in [2.05, 4.69) is 12.3 Å². The first-order valence-corrected chi connectivity index (χ1v) is 8.14. The Hall–Kier alpha value is -0.910. The molecule has 0 amide bonds. The van der Waals surface area contributed by atoms with Gasteiger partial charge >= 0.3 is 0 Å². The van der Waals surface area contributed by atoms with Crippen molar-refractivity contribution < 1.29 is 8.42 Å². The lowest BCUT2D eigenvalue weighted by molar-refractivity contribution is 0.486. The van der Waals surface area contributed by atoms with Crippen molar-refractivity contribution in [1.82, 2.24) is 5.43 Å². The van der Waals surface area contributed by atoms with Crippen LogP contribution in [0.1, 0.15) is 44.2 Å². The molecule has 18 heavy (non-hydrogen) atoms. The molecule has 0 bridgehead atoms. The van der Waals surface area contributed by atoms with E-state index >= 15 is 0 Å². The fourth-order valence-electron chi connectivity index (χ4n) is 1.89. The maximum absolute atomic E-state index is 11.4. The molecule has 0 fully saturated rings. The van der Waals surface area contributed by atoms with Gasteiger partial charge < -0.3 is 0 Å². The lowest BCUT2D eigenvalue weighted by atomic mass is 10.0. The molecule has 0 spiro atoms. The van der Waals surface area contributed by atoms with Crippen molar-refractivity contribution in [2.24, 2.45) is 5.84 Å². The number of nitrogens with two attached hydrogens (primary N) is 1. The third-order valence-corrected chi connectivity index (χ3v) is 4.14. The van der Waals surface area contributed by atoms with Crippen LogP contribution in [0.5, 0.6) is 0 Å². The topological polar surface area (TPSA) is 72.2 Å². The van der Waals surface area contributed by atoms with Crippen molar-refractivity contribution in [3.63, 3.8) is 0 Å². The van der Waals surface area contributed by atoms with Crippen LogP contribution < -0.4 is 11.3 Å². The second-order valence-electron chi connectivity index (χ2n) is 4.56. The third kappa shape index (κ3) is 4.40. The number of rotatable bonds is 7. The normalized spacial score (nSPS) is 13.5. The highest BCUT2D eigenvalue weighted by atomic mass is 32.2. The molecule has 1 rings (SSSR count). The summed E-state index contributed by atoms with van der Waals surface area (Å²) in [7, 11) is -3.12. The molecule has 0 saturated carbocycles. The molecular formula is C13H22N2O2S. The summed E-state index contributed by atoms with van der Waals surface area (Å²) in [6, 6.07) is 7.01. The first-order valence-electron chi connectivity index (χ1n) is 6.25. The summed E-state index contributed by atoms with van der Waals surface area (Å²) in [4.78, 5) is 0.343. The van der Waals surface area contributed by atoms with E-state index in [0.29, 0.717) is 4.90 Å². The summed E-state index contributed by atoms with van der Waals surface area (Å²) >= 11 is 0. The highest BCUT2D eigenvalue weighted by Gasteiger charge is 2.11. The molecule has 102 valence electrons. The van der Waals surface area contributed by atoms with E-state index in [0.717, 1.165) is 18.4 Å². The van der Waals surface area contributed by atoms with E-state index in [4.69, 9.17) is 5.84 Å². The lowest BCUT2D eigenvalue weighted by Gasteiger charge is -2.16. The van der Waals surface area contributed by atoms with Crippen molar-refractivity contribution in [3.8, 4) is 0 Å². The van der Waals surface area contributed by atoms with E-state index in [9.17, 15) is 8.42 Å². The monoisotopic (exact) mass is 270 g/mol. The van der Waals surface area contributed by atoms with E-state index in [-0.39, 0.29) is 6.04 Å². The Balaban J connectivity index is 2.76. The zero-order chi connectivity index (χ0) is 13.6. The molecule has 1 aromatic carbocycles. The molecule has 0 aliphatic rings. The minimum Gasteiger partial charge on any atom is -0.271 e. The minimum absolute atomic E-state index is 0.0881. The zero-order valence-electron chi connectivity index (χ0n) is 11.0. The van der Waals surface area contributed by atoms with Gasteiger partial charge in [0.1, 0.15) is 0 Å². The third-order valence-electron chi connectivity index (χ3n) is 3.01. The van der Waals surface area contributed by atoms with E-state index < -0.39 is 9.84 Å². The van der Waals surface area contributed by atoms with Gasteiger partial charge in [-0.05, 0) is 24.1 Å². The molecule has 1 atom stereocenters. The molecular weight excluding hydrogens is 248 g/mol. The van der Waals surface area contributed by atoms with Crippen LogP contribution >= 0.6 is 0 Å². The second kappa shape index (κ2) is 6.87. The SMILES string of the molecule is CCCCCC(NN)c1ccc(S(C)(=O)=O)cc1. The van der Waals surface area contributed by atoms with Crippen LogP contribution in [-0.2, 0) is 9.84 Å². The Morgan fingerprint density at radius 1 is 1.22 bits per heavy atom. The van der Waals surface area contributed by atoms with Gasteiger partial charge in [-0.25, -0.2) is 8.42 Å². The maximum Gasteiger partial charge on any atom is 0.175 e. The van der Waals surface area contributed by atoms with Gasteiger partial charge in [-0.1, -0.05) is 38.3 Å². The van der Waals surface area contributed by atoms with Crippen LogP contribution in [0.3, 0.4) is 0 Å². The van der Waals surface area contributed by atoms with Crippen molar-refractivity contribution in [2.45, 2.75) is 43.5 Å².